The lowest BCUT2D eigenvalue weighted by Crippen LogP contribution is -2.11. The molecule has 0 fully saturated rings. The van der Waals surface area contributed by atoms with Crippen molar-refractivity contribution in [1.29, 1.82) is 0 Å². The van der Waals surface area contributed by atoms with Gasteiger partial charge in [0.05, 0.1) is 23.7 Å². The number of fused-ring (bicyclic) bond motifs is 1. The van der Waals surface area contributed by atoms with E-state index in [9.17, 15) is 4.79 Å². The van der Waals surface area contributed by atoms with Crippen molar-refractivity contribution < 1.29 is 4.79 Å². The Hall–Kier alpha value is -1.91. The molecule has 84 valence electrons. The lowest BCUT2D eigenvalue weighted by molar-refractivity contribution is -0.116. The number of hydrogen-bond acceptors (Lipinski definition) is 3. The second-order valence-corrected chi connectivity index (χ2v) is 3.65. The number of unbranched alkanes of at least 4 members (excludes halogenated alkanes) is 1. The molecule has 2 heterocycles. The lowest BCUT2D eigenvalue weighted by atomic mass is 10.2. The number of aromatic nitrogens is 3. The van der Waals surface area contributed by atoms with Gasteiger partial charge in [0.1, 0.15) is 0 Å². The number of hydrogen-bond donors (Lipinski definition) is 2. The summed E-state index contributed by atoms with van der Waals surface area (Å²) in [7, 11) is 0. The number of aromatic amines is 1. The van der Waals surface area contributed by atoms with E-state index in [1.165, 1.54) is 0 Å². The minimum Gasteiger partial charge on any atom is -0.343 e. The van der Waals surface area contributed by atoms with E-state index >= 15 is 0 Å². The Labute approximate surface area is 93.3 Å². The summed E-state index contributed by atoms with van der Waals surface area (Å²) in [5, 5.41) is 2.81. The summed E-state index contributed by atoms with van der Waals surface area (Å²) in [6.07, 6.45) is 5.68. The van der Waals surface area contributed by atoms with E-state index in [0.717, 1.165) is 18.4 Å². The molecule has 0 aliphatic rings. The van der Waals surface area contributed by atoms with Crippen molar-refractivity contribution in [2.45, 2.75) is 26.2 Å². The van der Waals surface area contributed by atoms with Crippen LogP contribution < -0.4 is 5.32 Å². The zero-order valence-corrected chi connectivity index (χ0v) is 9.16. The van der Waals surface area contributed by atoms with E-state index in [1.807, 2.05) is 6.07 Å². The van der Waals surface area contributed by atoms with Crippen LogP contribution in [0.5, 0.6) is 0 Å². The van der Waals surface area contributed by atoms with Gasteiger partial charge in [-0.05, 0) is 12.5 Å². The maximum atomic E-state index is 11.5. The molecular formula is C11H14N4O. The number of amides is 1. The fraction of sp³-hybridized carbons (Fsp3) is 0.364. The maximum Gasteiger partial charge on any atom is 0.224 e. The van der Waals surface area contributed by atoms with Gasteiger partial charge < -0.3 is 10.3 Å². The van der Waals surface area contributed by atoms with Gasteiger partial charge in [-0.15, -0.1) is 0 Å². The van der Waals surface area contributed by atoms with Crippen molar-refractivity contribution in [3.05, 3.63) is 18.6 Å². The number of rotatable bonds is 4. The van der Waals surface area contributed by atoms with Crippen LogP contribution in [0.15, 0.2) is 18.6 Å². The summed E-state index contributed by atoms with van der Waals surface area (Å²) in [4.78, 5) is 22.6. The number of nitrogens with one attached hydrogen (secondary N) is 2. The molecule has 5 heteroatoms. The number of carbonyl (C=O) groups is 1. The fourth-order valence-corrected chi connectivity index (χ4v) is 1.46. The molecule has 0 aliphatic carbocycles. The van der Waals surface area contributed by atoms with Gasteiger partial charge in [-0.25, -0.2) is 9.97 Å². The van der Waals surface area contributed by atoms with Crippen LogP contribution in [0.3, 0.4) is 0 Å². The monoisotopic (exact) mass is 218 g/mol. The van der Waals surface area contributed by atoms with Gasteiger partial charge in [-0.3, -0.25) is 4.79 Å². The first-order valence-corrected chi connectivity index (χ1v) is 5.38. The Balaban J connectivity index is 2.06. The zero-order valence-electron chi connectivity index (χ0n) is 9.16. The highest BCUT2D eigenvalue weighted by Crippen LogP contribution is 2.13. The average Bonchev–Trinajstić information content (AvgIpc) is 2.73. The van der Waals surface area contributed by atoms with Crippen molar-refractivity contribution in [1.82, 2.24) is 15.0 Å². The van der Waals surface area contributed by atoms with Crippen molar-refractivity contribution in [2.24, 2.45) is 0 Å². The molecule has 0 aromatic carbocycles. The topological polar surface area (TPSA) is 70.7 Å². The number of pyridine rings is 1. The number of anilines is 1. The van der Waals surface area contributed by atoms with Crippen LogP contribution in [0.4, 0.5) is 5.69 Å². The standard InChI is InChI=1S/C11H14N4O/c1-2-3-4-10(16)15-8-5-9-11(12-6-8)14-7-13-9/h5-7H,2-4H2,1H3,(H,15,16)(H,12,13,14). The Morgan fingerprint density at radius 3 is 3.19 bits per heavy atom. The van der Waals surface area contributed by atoms with Crippen LogP contribution in [0, 0.1) is 0 Å². The average molecular weight is 218 g/mol. The summed E-state index contributed by atoms with van der Waals surface area (Å²) in [5.41, 5.74) is 2.19. The summed E-state index contributed by atoms with van der Waals surface area (Å²) in [6.45, 7) is 2.06. The first kappa shape index (κ1) is 10.6. The molecule has 0 atom stereocenters. The van der Waals surface area contributed by atoms with E-state index < -0.39 is 0 Å². The number of H-pyrrole nitrogens is 1. The van der Waals surface area contributed by atoms with E-state index in [-0.39, 0.29) is 5.91 Å². The fourth-order valence-electron chi connectivity index (χ4n) is 1.46. The molecule has 2 rings (SSSR count). The highest BCUT2D eigenvalue weighted by Gasteiger charge is 2.03. The molecule has 0 aliphatic heterocycles. The maximum absolute atomic E-state index is 11.5. The lowest BCUT2D eigenvalue weighted by Gasteiger charge is -2.03. The third-order valence-electron chi connectivity index (χ3n) is 2.31. The molecular weight excluding hydrogens is 204 g/mol. The van der Waals surface area contributed by atoms with Crippen molar-refractivity contribution in [3.8, 4) is 0 Å². The molecule has 2 N–H and O–H groups in total. The summed E-state index contributed by atoms with van der Waals surface area (Å²) in [5.74, 6) is 0.0301. The van der Waals surface area contributed by atoms with E-state index in [0.29, 0.717) is 17.8 Å². The van der Waals surface area contributed by atoms with Crippen LogP contribution in [-0.4, -0.2) is 20.9 Å². The third-order valence-corrected chi connectivity index (χ3v) is 2.31. The molecule has 2 aromatic rings. The third kappa shape index (κ3) is 2.36. The Morgan fingerprint density at radius 2 is 2.38 bits per heavy atom. The predicted molar refractivity (Wildman–Crippen MR) is 62.0 cm³/mol. The van der Waals surface area contributed by atoms with Crippen LogP contribution in [0.2, 0.25) is 0 Å². The minimum atomic E-state index is 0.0301. The second kappa shape index (κ2) is 4.74. The van der Waals surface area contributed by atoms with Gasteiger partial charge in [-0.1, -0.05) is 13.3 Å². The zero-order chi connectivity index (χ0) is 11.4. The van der Waals surface area contributed by atoms with E-state index in [4.69, 9.17) is 0 Å². The molecule has 0 bridgehead atoms. The van der Waals surface area contributed by atoms with Crippen LogP contribution >= 0.6 is 0 Å². The highest BCUT2D eigenvalue weighted by molar-refractivity contribution is 5.92. The number of carbonyl (C=O) groups excluding carboxylic acids is 1. The predicted octanol–water partition coefficient (Wildman–Crippen LogP) is 2.09. The quantitative estimate of drug-likeness (QED) is 0.825. The molecule has 16 heavy (non-hydrogen) atoms. The van der Waals surface area contributed by atoms with Crippen LogP contribution in [0.25, 0.3) is 11.2 Å². The highest BCUT2D eigenvalue weighted by atomic mass is 16.1. The van der Waals surface area contributed by atoms with Gasteiger partial charge in [0.15, 0.2) is 5.65 Å². The Kier molecular flexibility index (Phi) is 3.14. The van der Waals surface area contributed by atoms with Gasteiger partial charge in [-0.2, -0.15) is 0 Å². The molecule has 0 spiro atoms. The van der Waals surface area contributed by atoms with E-state index in [2.05, 4.69) is 27.2 Å². The van der Waals surface area contributed by atoms with Gasteiger partial charge in [0, 0.05) is 6.42 Å². The Morgan fingerprint density at radius 1 is 1.50 bits per heavy atom. The summed E-state index contributed by atoms with van der Waals surface area (Å²) in [6, 6.07) is 1.83. The smallest absolute Gasteiger partial charge is 0.224 e. The largest absolute Gasteiger partial charge is 0.343 e. The first-order chi connectivity index (χ1) is 7.79. The van der Waals surface area contributed by atoms with Gasteiger partial charge >= 0.3 is 0 Å². The van der Waals surface area contributed by atoms with Crippen molar-refractivity contribution in [2.75, 3.05) is 5.32 Å². The van der Waals surface area contributed by atoms with Gasteiger partial charge in [0.25, 0.3) is 0 Å². The second-order valence-electron chi connectivity index (χ2n) is 3.65. The molecule has 0 radical (unpaired) electrons. The van der Waals surface area contributed by atoms with Crippen LogP contribution in [0.1, 0.15) is 26.2 Å². The number of imidazole rings is 1. The molecule has 1 amide bonds. The van der Waals surface area contributed by atoms with Crippen LogP contribution in [-0.2, 0) is 4.79 Å². The SMILES string of the molecule is CCCCC(=O)Nc1cnc2nc[nH]c2c1. The summed E-state index contributed by atoms with van der Waals surface area (Å²) >= 11 is 0. The Bertz CT molecular complexity index is 491. The van der Waals surface area contributed by atoms with Gasteiger partial charge in [0.2, 0.25) is 5.91 Å². The van der Waals surface area contributed by atoms with Crippen molar-refractivity contribution >= 4 is 22.8 Å². The van der Waals surface area contributed by atoms with Crippen molar-refractivity contribution in [3.63, 3.8) is 0 Å². The molecule has 0 saturated heterocycles. The molecule has 5 nitrogen and oxygen atoms in total. The normalized spacial score (nSPS) is 10.6. The molecule has 2 aromatic heterocycles. The first-order valence-electron chi connectivity index (χ1n) is 5.38. The minimum absolute atomic E-state index is 0.0301. The van der Waals surface area contributed by atoms with E-state index in [1.54, 1.807) is 12.5 Å². The molecule has 0 saturated carbocycles. The number of nitrogens with zero attached hydrogens (tertiary/aromatic N) is 2. The summed E-state index contributed by atoms with van der Waals surface area (Å²) < 4.78 is 0. The molecule has 0 unspecified atom stereocenters.